The van der Waals surface area contributed by atoms with Gasteiger partial charge in [0.15, 0.2) is 0 Å². The van der Waals surface area contributed by atoms with Crippen LogP contribution in [0, 0.1) is 6.92 Å². The molecule has 0 unspecified atom stereocenters. The number of aromatic nitrogens is 4. The molecule has 0 saturated heterocycles. The van der Waals surface area contributed by atoms with Gasteiger partial charge < -0.3 is 14.7 Å². The largest absolute Gasteiger partial charge is 0.508 e. The topological polar surface area (TPSA) is 66.7 Å². The summed E-state index contributed by atoms with van der Waals surface area (Å²) in [5, 5.41) is 9.62. The highest BCUT2D eigenvalue weighted by Gasteiger charge is 2.15. The highest BCUT2D eigenvalue weighted by Crippen LogP contribution is 2.29. The lowest BCUT2D eigenvalue weighted by Gasteiger charge is -2.10. The maximum absolute atomic E-state index is 9.62. The highest BCUT2D eigenvalue weighted by molar-refractivity contribution is 5.87. The van der Waals surface area contributed by atoms with Gasteiger partial charge in [-0.3, -0.25) is 0 Å². The zero-order valence-corrected chi connectivity index (χ0v) is 17.2. The predicted molar refractivity (Wildman–Crippen MR) is 121 cm³/mol. The van der Waals surface area contributed by atoms with Crippen molar-refractivity contribution in [1.82, 2.24) is 19.5 Å². The van der Waals surface area contributed by atoms with E-state index in [-0.39, 0.29) is 5.75 Å². The van der Waals surface area contributed by atoms with Gasteiger partial charge in [0.25, 0.3) is 0 Å². The first-order valence-electron chi connectivity index (χ1n) is 10.3. The number of benzene rings is 3. The summed E-state index contributed by atoms with van der Waals surface area (Å²) in [6, 6.07) is 19.8. The molecule has 0 bridgehead atoms. The molecule has 0 fully saturated rings. The summed E-state index contributed by atoms with van der Waals surface area (Å²) in [4.78, 5) is 13.2. The number of imidazole rings is 2. The van der Waals surface area contributed by atoms with Crippen LogP contribution < -0.4 is 0 Å². The van der Waals surface area contributed by atoms with Crippen molar-refractivity contribution in [2.45, 2.75) is 33.2 Å². The fourth-order valence-corrected chi connectivity index (χ4v) is 4.04. The first-order chi connectivity index (χ1) is 14.6. The van der Waals surface area contributed by atoms with Crippen LogP contribution in [0.5, 0.6) is 5.75 Å². The Morgan fingerprint density at radius 2 is 1.80 bits per heavy atom. The molecule has 2 aromatic heterocycles. The molecule has 0 saturated carbocycles. The minimum atomic E-state index is 0.283. The molecule has 0 radical (unpaired) electrons. The average Bonchev–Trinajstić information content (AvgIpc) is 3.32. The average molecular weight is 396 g/mol. The summed E-state index contributed by atoms with van der Waals surface area (Å²) in [6.07, 6.45) is 1.96. The van der Waals surface area contributed by atoms with Gasteiger partial charge in [-0.1, -0.05) is 31.2 Å². The summed E-state index contributed by atoms with van der Waals surface area (Å²) in [7, 11) is 0. The van der Waals surface area contributed by atoms with Gasteiger partial charge in [0.05, 0.1) is 22.1 Å². The molecule has 5 rings (SSSR count). The van der Waals surface area contributed by atoms with E-state index in [1.54, 1.807) is 12.1 Å². The number of aromatic hydroxyl groups is 1. The Labute approximate surface area is 175 Å². The number of aromatic amines is 1. The molecule has 30 heavy (non-hydrogen) atoms. The number of phenolic OH excluding ortho intramolecular Hbond substituents is 1. The van der Waals surface area contributed by atoms with E-state index in [9.17, 15) is 5.11 Å². The van der Waals surface area contributed by atoms with E-state index in [1.807, 2.05) is 36.4 Å². The Bertz CT molecular complexity index is 1310. The lowest BCUT2D eigenvalue weighted by atomic mass is 10.1. The standard InChI is InChI=1S/C25H24N4O/c1-3-6-23-28-24-16(2)13-18(25-26-20-7-4-5-8-21(20)27-25)14-22(24)29(23)15-17-9-11-19(30)12-10-17/h4-5,7-14,30H,3,6,15H2,1-2H3,(H,26,27). The Morgan fingerprint density at radius 1 is 1.00 bits per heavy atom. The van der Waals surface area contributed by atoms with E-state index in [1.165, 1.54) is 0 Å². The summed E-state index contributed by atoms with van der Waals surface area (Å²) in [5.74, 6) is 2.24. The van der Waals surface area contributed by atoms with Crippen LogP contribution in [0.1, 0.15) is 30.3 Å². The summed E-state index contributed by atoms with van der Waals surface area (Å²) in [6.45, 7) is 5.01. The van der Waals surface area contributed by atoms with Gasteiger partial charge in [0.2, 0.25) is 0 Å². The van der Waals surface area contributed by atoms with Crippen molar-refractivity contribution >= 4 is 22.1 Å². The Kier molecular flexibility index (Phi) is 4.51. The molecule has 2 heterocycles. The molecule has 3 aromatic carbocycles. The minimum absolute atomic E-state index is 0.283. The van der Waals surface area contributed by atoms with Crippen LogP contribution in [0.2, 0.25) is 0 Å². The predicted octanol–water partition coefficient (Wildman–Crippen LogP) is 5.59. The van der Waals surface area contributed by atoms with Crippen molar-refractivity contribution in [3.63, 3.8) is 0 Å². The maximum atomic E-state index is 9.62. The molecule has 0 amide bonds. The first-order valence-corrected chi connectivity index (χ1v) is 10.3. The lowest BCUT2D eigenvalue weighted by molar-refractivity contribution is 0.475. The number of aryl methyl sites for hydroxylation is 2. The number of hydrogen-bond donors (Lipinski definition) is 2. The number of H-pyrrole nitrogens is 1. The second-order valence-electron chi connectivity index (χ2n) is 7.79. The smallest absolute Gasteiger partial charge is 0.138 e. The highest BCUT2D eigenvalue weighted by atomic mass is 16.3. The van der Waals surface area contributed by atoms with Crippen molar-refractivity contribution in [2.75, 3.05) is 0 Å². The molecule has 0 aliphatic carbocycles. The van der Waals surface area contributed by atoms with E-state index < -0.39 is 0 Å². The third-order valence-corrected chi connectivity index (χ3v) is 5.54. The van der Waals surface area contributed by atoms with E-state index >= 15 is 0 Å². The fraction of sp³-hybridized carbons (Fsp3) is 0.200. The van der Waals surface area contributed by atoms with Gasteiger partial charge in [-0.25, -0.2) is 9.97 Å². The Hall–Kier alpha value is -3.60. The van der Waals surface area contributed by atoms with Crippen LogP contribution in [0.25, 0.3) is 33.5 Å². The van der Waals surface area contributed by atoms with Crippen molar-refractivity contribution < 1.29 is 5.11 Å². The molecule has 5 nitrogen and oxygen atoms in total. The Balaban J connectivity index is 1.66. The maximum Gasteiger partial charge on any atom is 0.138 e. The Morgan fingerprint density at radius 3 is 2.57 bits per heavy atom. The molecule has 5 heteroatoms. The second-order valence-corrected chi connectivity index (χ2v) is 7.79. The van der Waals surface area contributed by atoms with Gasteiger partial charge >= 0.3 is 0 Å². The third-order valence-electron chi connectivity index (χ3n) is 5.54. The van der Waals surface area contributed by atoms with Crippen LogP contribution in [-0.4, -0.2) is 24.6 Å². The number of rotatable bonds is 5. The number of nitrogens with one attached hydrogen (secondary N) is 1. The number of hydrogen-bond acceptors (Lipinski definition) is 3. The third kappa shape index (κ3) is 3.22. The molecular weight excluding hydrogens is 372 g/mol. The lowest BCUT2D eigenvalue weighted by Crippen LogP contribution is -2.05. The van der Waals surface area contributed by atoms with Crippen LogP contribution in [0.3, 0.4) is 0 Å². The molecule has 5 aromatic rings. The number of para-hydroxylation sites is 2. The quantitative estimate of drug-likeness (QED) is 0.407. The molecule has 0 aliphatic rings. The fourth-order valence-electron chi connectivity index (χ4n) is 4.04. The van der Waals surface area contributed by atoms with Gasteiger partial charge in [-0.2, -0.15) is 0 Å². The van der Waals surface area contributed by atoms with E-state index in [0.29, 0.717) is 0 Å². The molecular formula is C25H24N4O. The molecule has 0 atom stereocenters. The SMILES string of the molecule is CCCc1nc2c(C)cc(-c3nc4ccccc4[nH]3)cc2n1Cc1ccc(O)cc1. The minimum Gasteiger partial charge on any atom is -0.508 e. The van der Waals surface area contributed by atoms with Gasteiger partial charge in [0.1, 0.15) is 17.4 Å². The van der Waals surface area contributed by atoms with Crippen LogP contribution in [0.4, 0.5) is 0 Å². The zero-order chi connectivity index (χ0) is 20.7. The van der Waals surface area contributed by atoms with Crippen molar-refractivity contribution in [3.8, 4) is 17.1 Å². The summed E-state index contributed by atoms with van der Waals surface area (Å²) in [5.41, 5.74) is 7.50. The summed E-state index contributed by atoms with van der Waals surface area (Å²) < 4.78 is 2.30. The molecule has 0 spiro atoms. The first kappa shape index (κ1) is 18.4. The summed E-state index contributed by atoms with van der Waals surface area (Å²) >= 11 is 0. The number of fused-ring (bicyclic) bond motifs is 2. The van der Waals surface area contributed by atoms with Crippen molar-refractivity contribution in [3.05, 3.63) is 77.6 Å². The van der Waals surface area contributed by atoms with Gasteiger partial charge in [-0.15, -0.1) is 0 Å². The molecule has 150 valence electrons. The number of phenols is 1. The monoisotopic (exact) mass is 396 g/mol. The second kappa shape index (κ2) is 7.34. The van der Waals surface area contributed by atoms with E-state index in [0.717, 1.165) is 69.8 Å². The molecule has 2 N–H and O–H groups in total. The van der Waals surface area contributed by atoms with E-state index in [4.69, 9.17) is 9.97 Å². The van der Waals surface area contributed by atoms with Crippen molar-refractivity contribution in [2.24, 2.45) is 0 Å². The number of nitrogens with zero attached hydrogens (tertiary/aromatic N) is 3. The van der Waals surface area contributed by atoms with Crippen LogP contribution in [0.15, 0.2) is 60.7 Å². The van der Waals surface area contributed by atoms with E-state index in [2.05, 4.69) is 35.5 Å². The van der Waals surface area contributed by atoms with Crippen molar-refractivity contribution in [1.29, 1.82) is 0 Å². The van der Waals surface area contributed by atoms with Crippen LogP contribution in [-0.2, 0) is 13.0 Å². The normalized spacial score (nSPS) is 11.5. The zero-order valence-electron chi connectivity index (χ0n) is 17.2. The van der Waals surface area contributed by atoms with Crippen LogP contribution >= 0.6 is 0 Å². The van der Waals surface area contributed by atoms with Gasteiger partial charge in [-0.05, 0) is 60.9 Å². The van der Waals surface area contributed by atoms with Gasteiger partial charge in [0, 0.05) is 18.5 Å². The molecule has 0 aliphatic heterocycles.